The molecule has 1 fully saturated rings. The lowest BCUT2D eigenvalue weighted by Gasteiger charge is -2.13. The average Bonchev–Trinajstić information content (AvgIpc) is 3.47. The zero-order valence-electron chi connectivity index (χ0n) is 15.8. The van der Waals surface area contributed by atoms with E-state index in [0.29, 0.717) is 23.7 Å². The lowest BCUT2D eigenvalue weighted by atomic mass is 10.3. The second-order valence-electron chi connectivity index (χ2n) is 6.73. The molecule has 1 aromatic heterocycles. The first kappa shape index (κ1) is 19.2. The minimum atomic E-state index is -3.82. The Morgan fingerprint density at radius 2 is 1.93 bits per heavy atom. The Morgan fingerprint density at radius 3 is 2.44 bits per heavy atom. The number of hydrogen-bond donors (Lipinski definition) is 1. The molecular weight excluding hydrogens is 364 g/mol. The highest BCUT2D eigenvalue weighted by Gasteiger charge is 2.34. The Morgan fingerprint density at radius 1 is 1.30 bits per heavy atom. The first-order chi connectivity index (χ1) is 12.8. The summed E-state index contributed by atoms with van der Waals surface area (Å²) in [4.78, 5) is 12.7. The quantitative estimate of drug-likeness (QED) is 0.737. The maximum absolute atomic E-state index is 13.4. The van der Waals surface area contributed by atoms with E-state index in [4.69, 9.17) is 4.74 Å². The first-order valence-corrected chi connectivity index (χ1v) is 10.3. The summed E-state index contributed by atoms with van der Waals surface area (Å²) in [5, 5.41) is 2.86. The van der Waals surface area contributed by atoms with Gasteiger partial charge in [0.15, 0.2) is 0 Å². The summed E-state index contributed by atoms with van der Waals surface area (Å²) in [6.07, 6.45) is 3.36. The molecule has 0 spiro atoms. The average molecular weight is 388 g/mol. The molecule has 0 radical (unpaired) electrons. The number of amides is 1. The van der Waals surface area contributed by atoms with Gasteiger partial charge in [-0.05, 0) is 56.5 Å². The number of benzene rings is 1. The number of nitrogens with one attached hydrogen (secondary N) is 1. The van der Waals surface area contributed by atoms with E-state index in [2.05, 4.69) is 11.9 Å². The molecule has 0 saturated heterocycles. The normalized spacial score (nSPS) is 14.0. The molecular formula is C20H24N2O4S. The summed E-state index contributed by atoms with van der Waals surface area (Å²) in [5.41, 5.74) is 1.41. The van der Waals surface area contributed by atoms with Crippen molar-refractivity contribution < 1.29 is 17.9 Å². The molecule has 3 rings (SSSR count). The van der Waals surface area contributed by atoms with Gasteiger partial charge in [-0.3, -0.25) is 4.79 Å². The van der Waals surface area contributed by atoms with Crippen LogP contribution >= 0.6 is 0 Å². The highest BCUT2D eigenvalue weighted by atomic mass is 32.2. The fourth-order valence-electron chi connectivity index (χ4n) is 3.08. The molecule has 1 amide bonds. The van der Waals surface area contributed by atoms with E-state index in [1.807, 2.05) is 6.92 Å². The summed E-state index contributed by atoms with van der Waals surface area (Å²) < 4.78 is 33.7. The zero-order chi connectivity index (χ0) is 19.8. The van der Waals surface area contributed by atoms with E-state index >= 15 is 0 Å². The van der Waals surface area contributed by atoms with Crippen molar-refractivity contribution in [1.82, 2.24) is 4.57 Å². The Labute approximate surface area is 159 Å². The van der Waals surface area contributed by atoms with Crippen LogP contribution in [0.5, 0.6) is 5.75 Å². The fraction of sp³-hybridized carbons (Fsp3) is 0.350. The van der Waals surface area contributed by atoms with E-state index in [0.717, 1.165) is 18.5 Å². The van der Waals surface area contributed by atoms with Crippen molar-refractivity contribution in [1.29, 1.82) is 0 Å². The number of nitrogens with zero attached hydrogens (tertiary/aromatic N) is 1. The van der Waals surface area contributed by atoms with Crippen molar-refractivity contribution in [2.24, 2.45) is 5.92 Å². The van der Waals surface area contributed by atoms with Crippen molar-refractivity contribution in [3.8, 4) is 5.75 Å². The second kappa shape index (κ2) is 7.23. The maximum Gasteiger partial charge on any atom is 0.228 e. The Bertz CT molecular complexity index is 984. The van der Waals surface area contributed by atoms with Gasteiger partial charge < -0.3 is 14.6 Å². The summed E-state index contributed by atoms with van der Waals surface area (Å²) in [7, 11) is -2.30. The van der Waals surface area contributed by atoms with Crippen molar-refractivity contribution in [2.75, 3.05) is 12.4 Å². The smallest absolute Gasteiger partial charge is 0.228 e. The summed E-state index contributed by atoms with van der Waals surface area (Å²) in [6, 6.07) is 6.25. The lowest BCUT2D eigenvalue weighted by Crippen LogP contribution is -2.19. The minimum absolute atomic E-state index is 0.0331. The lowest BCUT2D eigenvalue weighted by molar-refractivity contribution is -0.117. The van der Waals surface area contributed by atoms with Crippen molar-refractivity contribution in [3.05, 3.63) is 48.2 Å². The van der Waals surface area contributed by atoms with Crippen LogP contribution in [0.2, 0.25) is 0 Å². The van der Waals surface area contributed by atoms with Gasteiger partial charge in [0.1, 0.15) is 16.5 Å². The molecule has 1 aliphatic rings. The van der Waals surface area contributed by atoms with Gasteiger partial charge in [-0.2, -0.15) is 0 Å². The summed E-state index contributed by atoms with van der Waals surface area (Å²) in [5.74, 6) is 0.726. The molecule has 144 valence electrons. The van der Waals surface area contributed by atoms with Crippen LogP contribution in [0.4, 0.5) is 5.82 Å². The predicted molar refractivity (Wildman–Crippen MR) is 104 cm³/mol. The Balaban J connectivity index is 2.15. The van der Waals surface area contributed by atoms with Crippen LogP contribution in [-0.2, 0) is 21.2 Å². The van der Waals surface area contributed by atoms with Crippen LogP contribution in [0.15, 0.2) is 46.7 Å². The second-order valence-corrected chi connectivity index (χ2v) is 8.62. The molecule has 2 aromatic rings. The van der Waals surface area contributed by atoms with Crippen LogP contribution in [0.3, 0.4) is 0 Å². The third kappa shape index (κ3) is 3.51. The van der Waals surface area contributed by atoms with Crippen LogP contribution < -0.4 is 10.1 Å². The Hall–Kier alpha value is -2.54. The van der Waals surface area contributed by atoms with E-state index in [9.17, 15) is 13.2 Å². The number of ether oxygens (including phenoxy) is 1. The van der Waals surface area contributed by atoms with Gasteiger partial charge in [0.2, 0.25) is 15.7 Å². The number of carbonyl (C=O) groups is 1. The molecule has 1 aliphatic carbocycles. The molecule has 1 heterocycles. The van der Waals surface area contributed by atoms with Gasteiger partial charge >= 0.3 is 0 Å². The van der Waals surface area contributed by atoms with Crippen molar-refractivity contribution in [2.45, 2.75) is 43.0 Å². The van der Waals surface area contributed by atoms with Gasteiger partial charge in [0, 0.05) is 18.2 Å². The van der Waals surface area contributed by atoms with Crippen LogP contribution in [0.1, 0.15) is 24.1 Å². The fourth-order valence-corrected chi connectivity index (χ4v) is 4.78. The zero-order valence-corrected chi connectivity index (χ0v) is 16.6. The predicted octanol–water partition coefficient (Wildman–Crippen LogP) is 3.48. The van der Waals surface area contributed by atoms with Crippen LogP contribution in [0.25, 0.3) is 0 Å². The molecule has 27 heavy (non-hydrogen) atoms. The molecule has 7 heteroatoms. The van der Waals surface area contributed by atoms with Crippen molar-refractivity contribution in [3.63, 3.8) is 0 Å². The van der Waals surface area contributed by atoms with E-state index in [-0.39, 0.29) is 21.6 Å². The van der Waals surface area contributed by atoms with Crippen LogP contribution in [0, 0.1) is 19.8 Å². The number of sulfone groups is 1. The topological polar surface area (TPSA) is 77.4 Å². The van der Waals surface area contributed by atoms with E-state index in [1.165, 1.54) is 19.2 Å². The number of aromatic nitrogens is 1. The van der Waals surface area contributed by atoms with Crippen LogP contribution in [-0.4, -0.2) is 26.0 Å². The molecule has 1 aromatic carbocycles. The van der Waals surface area contributed by atoms with Gasteiger partial charge in [0.25, 0.3) is 0 Å². The number of anilines is 1. The Kier molecular flexibility index (Phi) is 5.15. The van der Waals surface area contributed by atoms with Crippen molar-refractivity contribution >= 4 is 21.6 Å². The third-order valence-corrected chi connectivity index (χ3v) is 6.84. The van der Waals surface area contributed by atoms with Gasteiger partial charge in [-0.25, -0.2) is 8.42 Å². The van der Waals surface area contributed by atoms with E-state index < -0.39 is 9.84 Å². The first-order valence-electron chi connectivity index (χ1n) is 8.81. The molecule has 0 bridgehead atoms. The highest BCUT2D eigenvalue weighted by Crippen LogP contribution is 2.37. The van der Waals surface area contributed by atoms with E-state index in [1.54, 1.807) is 29.7 Å². The number of methoxy groups -OCH3 is 1. The molecule has 0 aliphatic heterocycles. The summed E-state index contributed by atoms with van der Waals surface area (Å²) >= 11 is 0. The molecule has 6 nitrogen and oxygen atoms in total. The maximum atomic E-state index is 13.4. The number of carbonyl (C=O) groups excluding carboxylic acids is 1. The number of allylic oxidation sites excluding steroid dienone is 1. The SMILES string of the molecule is C=CCn1c(C)c(C)c(S(=O)(=O)c2ccc(OC)cc2)c1NC(=O)C1CC1. The summed E-state index contributed by atoms with van der Waals surface area (Å²) in [6.45, 7) is 7.76. The largest absolute Gasteiger partial charge is 0.497 e. The molecule has 1 N–H and O–H groups in total. The highest BCUT2D eigenvalue weighted by molar-refractivity contribution is 7.91. The van der Waals surface area contributed by atoms with Gasteiger partial charge in [-0.15, -0.1) is 6.58 Å². The standard InChI is InChI=1S/C20H24N2O4S/c1-5-12-22-14(3)13(2)18(19(22)21-20(23)15-6-7-15)27(24,25)17-10-8-16(26-4)9-11-17/h5,8-11,15H,1,6-7,12H2,2-4H3,(H,21,23). The molecule has 0 unspecified atom stereocenters. The monoisotopic (exact) mass is 388 g/mol. The number of rotatable bonds is 7. The molecule has 1 saturated carbocycles. The third-order valence-electron chi connectivity index (χ3n) is 4.91. The number of hydrogen-bond acceptors (Lipinski definition) is 4. The minimum Gasteiger partial charge on any atom is -0.497 e. The van der Waals surface area contributed by atoms with Gasteiger partial charge in [0.05, 0.1) is 12.0 Å². The molecule has 0 atom stereocenters. The van der Waals surface area contributed by atoms with Gasteiger partial charge in [-0.1, -0.05) is 6.08 Å².